The number of ether oxygens (including phenoxy) is 1. The van der Waals surface area contributed by atoms with E-state index in [0.29, 0.717) is 17.4 Å². The molecule has 1 aromatic carbocycles. The number of nitrogens with one attached hydrogen (secondary N) is 1. The first-order valence-corrected chi connectivity index (χ1v) is 9.92. The average molecular weight is 378 g/mol. The van der Waals surface area contributed by atoms with E-state index in [1.54, 1.807) is 6.92 Å². The van der Waals surface area contributed by atoms with Crippen LogP contribution in [0.5, 0.6) is 0 Å². The minimum atomic E-state index is -0.428. The fourth-order valence-electron chi connectivity index (χ4n) is 4.04. The highest BCUT2D eigenvalue weighted by Gasteiger charge is 2.32. The van der Waals surface area contributed by atoms with Gasteiger partial charge in [0.15, 0.2) is 6.10 Å². The number of hydrogen-bond acceptors (Lipinski definition) is 5. The van der Waals surface area contributed by atoms with Gasteiger partial charge in [0.25, 0.3) is 5.91 Å². The first-order chi connectivity index (χ1) is 13.5. The molecule has 3 unspecified atom stereocenters. The van der Waals surface area contributed by atoms with Crippen LogP contribution in [-0.4, -0.2) is 49.6 Å². The highest BCUT2D eigenvalue weighted by atomic mass is 16.5. The second-order valence-corrected chi connectivity index (χ2v) is 7.83. The van der Waals surface area contributed by atoms with Gasteiger partial charge in [-0.3, -0.25) is 9.69 Å². The van der Waals surface area contributed by atoms with Crippen LogP contribution >= 0.6 is 0 Å². The zero-order valence-electron chi connectivity index (χ0n) is 16.4. The lowest BCUT2D eigenvalue weighted by molar-refractivity contribution is -0.131. The monoisotopic (exact) mass is 378 g/mol. The van der Waals surface area contributed by atoms with Crippen molar-refractivity contribution in [1.29, 1.82) is 5.26 Å². The normalized spacial score (nSPS) is 27.7. The molecule has 2 saturated heterocycles. The number of anilines is 1. The molecule has 0 spiro atoms. The second kappa shape index (κ2) is 7.69. The van der Waals surface area contributed by atoms with Gasteiger partial charge in [-0.1, -0.05) is 13.0 Å². The van der Waals surface area contributed by atoms with Crippen LogP contribution in [0.2, 0.25) is 0 Å². The Morgan fingerprint density at radius 3 is 2.54 bits per heavy atom. The van der Waals surface area contributed by atoms with Crippen molar-refractivity contribution in [2.75, 3.05) is 37.6 Å². The van der Waals surface area contributed by atoms with E-state index < -0.39 is 6.10 Å². The van der Waals surface area contributed by atoms with Gasteiger partial charge in [-0.25, -0.2) is 0 Å². The lowest BCUT2D eigenvalue weighted by atomic mass is 9.87. The van der Waals surface area contributed by atoms with Gasteiger partial charge in [-0.05, 0) is 49.1 Å². The van der Waals surface area contributed by atoms with E-state index in [2.05, 4.69) is 40.3 Å². The van der Waals surface area contributed by atoms with Crippen molar-refractivity contribution in [1.82, 2.24) is 10.2 Å². The quantitative estimate of drug-likeness (QED) is 0.874. The summed E-state index contributed by atoms with van der Waals surface area (Å²) in [5.74, 6) is 1.46. The van der Waals surface area contributed by atoms with Crippen LogP contribution in [0.1, 0.15) is 19.4 Å². The Morgan fingerprint density at radius 2 is 1.86 bits per heavy atom. The van der Waals surface area contributed by atoms with Crippen molar-refractivity contribution in [2.24, 2.45) is 11.8 Å². The predicted molar refractivity (Wildman–Crippen MR) is 107 cm³/mol. The maximum absolute atomic E-state index is 11.9. The van der Waals surface area contributed by atoms with Gasteiger partial charge < -0.3 is 15.0 Å². The Morgan fingerprint density at radius 1 is 1.14 bits per heavy atom. The van der Waals surface area contributed by atoms with E-state index in [-0.39, 0.29) is 5.91 Å². The summed E-state index contributed by atoms with van der Waals surface area (Å²) in [6.45, 7) is 8.91. The molecule has 4 rings (SSSR count). The molecule has 6 heteroatoms. The lowest BCUT2D eigenvalue weighted by Crippen LogP contribution is -2.48. The summed E-state index contributed by atoms with van der Waals surface area (Å²) >= 11 is 0. The number of carbonyl (C=O) groups excluding carboxylic acids is 1. The number of rotatable bonds is 3. The van der Waals surface area contributed by atoms with E-state index in [4.69, 9.17) is 10.00 Å². The average Bonchev–Trinajstić information content (AvgIpc) is 2.71. The molecule has 2 heterocycles. The maximum atomic E-state index is 11.9. The molecule has 1 aromatic rings. The van der Waals surface area contributed by atoms with Crippen molar-refractivity contribution < 1.29 is 9.53 Å². The highest BCUT2D eigenvalue weighted by Crippen LogP contribution is 2.31. The first kappa shape index (κ1) is 18.6. The number of fused-ring (bicyclic) bond motifs is 1. The van der Waals surface area contributed by atoms with Crippen LogP contribution in [0.15, 0.2) is 47.9 Å². The largest absolute Gasteiger partial charge is 0.479 e. The molecule has 1 aliphatic carbocycles. The molecular formula is C22H26N4O2. The van der Waals surface area contributed by atoms with E-state index in [1.807, 2.05) is 24.3 Å². The van der Waals surface area contributed by atoms with Crippen molar-refractivity contribution in [3.05, 3.63) is 53.4 Å². The van der Waals surface area contributed by atoms with Crippen LogP contribution in [-0.2, 0) is 9.53 Å². The summed E-state index contributed by atoms with van der Waals surface area (Å²) in [5, 5.41) is 11.9. The van der Waals surface area contributed by atoms with E-state index in [9.17, 15) is 4.79 Å². The Balaban J connectivity index is 1.35. The molecule has 6 nitrogen and oxygen atoms in total. The number of nitrogens with zero attached hydrogens (tertiary/aromatic N) is 3. The van der Waals surface area contributed by atoms with Gasteiger partial charge in [0.05, 0.1) is 17.3 Å². The molecular weight excluding hydrogens is 352 g/mol. The topological polar surface area (TPSA) is 68.6 Å². The van der Waals surface area contributed by atoms with Crippen LogP contribution < -0.4 is 10.2 Å². The summed E-state index contributed by atoms with van der Waals surface area (Å²) in [4.78, 5) is 16.8. The molecule has 3 aliphatic rings. The van der Waals surface area contributed by atoms with Crippen LogP contribution in [0.25, 0.3) is 0 Å². The molecule has 0 radical (unpaired) electrons. The van der Waals surface area contributed by atoms with Gasteiger partial charge in [0.2, 0.25) is 0 Å². The number of allylic oxidation sites excluding steroid dienone is 1. The third-order valence-corrected chi connectivity index (χ3v) is 5.87. The number of carbonyl (C=O) groups is 1. The van der Waals surface area contributed by atoms with E-state index in [1.165, 1.54) is 5.69 Å². The molecule has 146 valence electrons. The Bertz CT molecular complexity index is 844. The molecule has 0 saturated carbocycles. The number of hydrogen-bond donors (Lipinski definition) is 1. The summed E-state index contributed by atoms with van der Waals surface area (Å²) in [5.41, 5.74) is 2.69. The zero-order chi connectivity index (χ0) is 19.7. The first-order valence-electron chi connectivity index (χ1n) is 9.92. The van der Waals surface area contributed by atoms with E-state index in [0.717, 1.165) is 44.2 Å². The third-order valence-electron chi connectivity index (χ3n) is 5.87. The number of benzene rings is 1. The third kappa shape index (κ3) is 3.76. The van der Waals surface area contributed by atoms with Gasteiger partial charge in [-0.2, -0.15) is 5.26 Å². The molecule has 2 aliphatic heterocycles. The van der Waals surface area contributed by atoms with Crippen molar-refractivity contribution in [3.8, 4) is 6.07 Å². The highest BCUT2D eigenvalue weighted by molar-refractivity contribution is 5.84. The molecule has 28 heavy (non-hydrogen) atoms. The maximum Gasteiger partial charge on any atom is 0.265 e. The number of piperazine rings is 1. The van der Waals surface area contributed by atoms with Crippen molar-refractivity contribution in [3.63, 3.8) is 0 Å². The predicted octanol–water partition coefficient (Wildman–Crippen LogP) is 2.25. The summed E-state index contributed by atoms with van der Waals surface area (Å²) in [6, 6.07) is 9.98. The smallest absolute Gasteiger partial charge is 0.265 e. The Hall–Kier alpha value is -2.78. The van der Waals surface area contributed by atoms with Gasteiger partial charge >= 0.3 is 0 Å². The standard InChI is InChI=1S/C22H26N4O2/c1-15-11-21-20(24-22(27)16(2)28-21)12-18(15)14-25-7-9-26(10-8-25)19-5-3-17(13-23)4-6-19/h3-6,11-12,15-16,18H,7-10,14H2,1-2H3,(H,24,27). The summed E-state index contributed by atoms with van der Waals surface area (Å²) < 4.78 is 5.73. The van der Waals surface area contributed by atoms with Crippen LogP contribution in [0, 0.1) is 23.2 Å². The zero-order valence-corrected chi connectivity index (χ0v) is 16.4. The fourth-order valence-corrected chi connectivity index (χ4v) is 4.04. The molecule has 0 aromatic heterocycles. The number of nitriles is 1. The summed E-state index contributed by atoms with van der Waals surface area (Å²) in [6.07, 6.45) is 3.88. The Kier molecular flexibility index (Phi) is 5.10. The van der Waals surface area contributed by atoms with Crippen LogP contribution in [0.3, 0.4) is 0 Å². The van der Waals surface area contributed by atoms with Crippen molar-refractivity contribution in [2.45, 2.75) is 20.0 Å². The number of amides is 1. The van der Waals surface area contributed by atoms with Gasteiger partial charge in [-0.15, -0.1) is 0 Å². The lowest BCUT2D eigenvalue weighted by Gasteiger charge is -2.39. The second-order valence-electron chi connectivity index (χ2n) is 7.83. The molecule has 1 amide bonds. The Labute approximate surface area is 166 Å². The minimum Gasteiger partial charge on any atom is -0.479 e. The molecule has 3 atom stereocenters. The van der Waals surface area contributed by atoms with Gasteiger partial charge in [0, 0.05) is 38.4 Å². The fraction of sp³-hybridized carbons (Fsp3) is 0.455. The van der Waals surface area contributed by atoms with Crippen LogP contribution in [0.4, 0.5) is 5.69 Å². The minimum absolute atomic E-state index is 0.0762. The summed E-state index contributed by atoms with van der Waals surface area (Å²) in [7, 11) is 0. The molecule has 2 fully saturated rings. The molecule has 0 bridgehead atoms. The van der Waals surface area contributed by atoms with E-state index >= 15 is 0 Å². The molecule has 1 N–H and O–H groups in total. The van der Waals surface area contributed by atoms with Crippen molar-refractivity contribution >= 4 is 11.6 Å². The van der Waals surface area contributed by atoms with Gasteiger partial charge in [0.1, 0.15) is 5.76 Å². The SMILES string of the molecule is CC1OC2=CC(C)C(CN3CCN(c4ccc(C#N)cc4)CC3)C=C2NC1=O. The number of morpholine rings is 1.